The number of nitrogens with zero attached hydrogens (tertiary/aromatic N) is 3. The molecular weight excluding hydrogens is 366 g/mol. The first-order chi connectivity index (χ1) is 14.1. The van der Waals surface area contributed by atoms with E-state index in [1.165, 1.54) is 0 Å². The normalized spacial score (nSPS) is 10.9. The Labute approximate surface area is 170 Å². The number of H-pyrrole nitrogens is 1. The second kappa shape index (κ2) is 9.54. The maximum Gasteiger partial charge on any atom is 0.289 e. The zero-order valence-electron chi connectivity index (χ0n) is 16.8. The lowest BCUT2D eigenvalue weighted by atomic mass is 10.1. The number of nitrogens with one attached hydrogen (secondary N) is 2. The van der Waals surface area contributed by atoms with E-state index in [2.05, 4.69) is 27.6 Å². The quantitative estimate of drug-likeness (QED) is 0.453. The Bertz CT molecular complexity index is 960. The van der Waals surface area contributed by atoms with Gasteiger partial charge in [-0.05, 0) is 54.4 Å². The molecule has 0 aliphatic carbocycles. The Hall–Kier alpha value is -3.61. The smallest absolute Gasteiger partial charge is 0.289 e. The molecule has 0 saturated carbocycles. The van der Waals surface area contributed by atoms with Crippen molar-refractivity contribution in [2.45, 2.75) is 13.3 Å². The summed E-state index contributed by atoms with van der Waals surface area (Å²) < 4.78 is 5.58. The van der Waals surface area contributed by atoms with Crippen LogP contribution in [0, 0.1) is 0 Å². The summed E-state index contributed by atoms with van der Waals surface area (Å²) in [5, 5.41) is 11.0. The highest BCUT2D eigenvalue weighted by Crippen LogP contribution is 2.21. The van der Waals surface area contributed by atoms with Gasteiger partial charge in [0.2, 0.25) is 0 Å². The molecule has 1 aromatic heterocycles. The Morgan fingerprint density at radius 3 is 2.55 bits per heavy atom. The molecule has 1 heterocycles. The van der Waals surface area contributed by atoms with Crippen LogP contribution in [0.15, 0.2) is 59.7 Å². The number of aromatic amines is 1. The van der Waals surface area contributed by atoms with Crippen LogP contribution < -0.4 is 15.1 Å². The number of rotatable bonds is 8. The number of hydrogen-bond donors (Lipinski definition) is 2. The van der Waals surface area contributed by atoms with Crippen LogP contribution in [0.1, 0.15) is 29.4 Å². The fourth-order valence-electron chi connectivity index (χ4n) is 2.61. The van der Waals surface area contributed by atoms with E-state index in [0.29, 0.717) is 18.0 Å². The van der Waals surface area contributed by atoms with Crippen LogP contribution in [-0.2, 0) is 0 Å². The van der Waals surface area contributed by atoms with Gasteiger partial charge in [-0.2, -0.15) is 10.2 Å². The average molecular weight is 391 g/mol. The van der Waals surface area contributed by atoms with Crippen molar-refractivity contribution in [1.29, 1.82) is 0 Å². The van der Waals surface area contributed by atoms with Crippen LogP contribution in [0.25, 0.3) is 11.3 Å². The van der Waals surface area contributed by atoms with Crippen molar-refractivity contribution in [1.82, 2.24) is 15.6 Å². The van der Waals surface area contributed by atoms with Crippen molar-refractivity contribution < 1.29 is 9.53 Å². The van der Waals surface area contributed by atoms with Crippen molar-refractivity contribution in [2.24, 2.45) is 5.10 Å². The van der Waals surface area contributed by atoms with Gasteiger partial charge in [0.1, 0.15) is 11.4 Å². The van der Waals surface area contributed by atoms with Gasteiger partial charge in [0, 0.05) is 25.3 Å². The van der Waals surface area contributed by atoms with Gasteiger partial charge in [0.25, 0.3) is 5.91 Å². The zero-order chi connectivity index (χ0) is 20.6. The fraction of sp³-hybridized carbons (Fsp3) is 0.227. The van der Waals surface area contributed by atoms with Gasteiger partial charge in [0.15, 0.2) is 0 Å². The Morgan fingerprint density at radius 1 is 1.17 bits per heavy atom. The molecule has 3 aromatic rings. The van der Waals surface area contributed by atoms with Gasteiger partial charge < -0.3 is 9.64 Å². The summed E-state index contributed by atoms with van der Waals surface area (Å²) in [6.07, 6.45) is 2.56. The van der Waals surface area contributed by atoms with E-state index in [-0.39, 0.29) is 5.91 Å². The Kier molecular flexibility index (Phi) is 6.63. The molecule has 3 rings (SSSR count). The van der Waals surface area contributed by atoms with Gasteiger partial charge in [-0.1, -0.05) is 19.1 Å². The molecule has 0 saturated heterocycles. The summed E-state index contributed by atoms with van der Waals surface area (Å²) in [5.41, 5.74) is 6.42. The number of hydrogen-bond acceptors (Lipinski definition) is 5. The molecule has 2 aromatic carbocycles. The highest BCUT2D eigenvalue weighted by molar-refractivity contribution is 5.94. The minimum absolute atomic E-state index is 0.339. The topological polar surface area (TPSA) is 82.6 Å². The van der Waals surface area contributed by atoms with Crippen LogP contribution in [0.5, 0.6) is 5.75 Å². The first-order valence-corrected chi connectivity index (χ1v) is 9.46. The van der Waals surface area contributed by atoms with E-state index in [9.17, 15) is 4.79 Å². The van der Waals surface area contributed by atoms with Crippen LogP contribution in [0.4, 0.5) is 5.69 Å². The van der Waals surface area contributed by atoms with Gasteiger partial charge in [-0.3, -0.25) is 9.89 Å². The molecular formula is C22H25N5O2. The molecule has 29 heavy (non-hydrogen) atoms. The van der Waals surface area contributed by atoms with E-state index < -0.39 is 0 Å². The van der Waals surface area contributed by atoms with Gasteiger partial charge in [-0.25, -0.2) is 5.43 Å². The minimum atomic E-state index is -0.354. The molecule has 150 valence electrons. The lowest BCUT2D eigenvalue weighted by molar-refractivity contribution is 0.0950. The predicted molar refractivity (Wildman–Crippen MR) is 116 cm³/mol. The largest absolute Gasteiger partial charge is 0.494 e. The molecule has 1 amide bonds. The molecule has 0 aliphatic rings. The van der Waals surface area contributed by atoms with Crippen LogP contribution in [-0.4, -0.2) is 43.0 Å². The summed E-state index contributed by atoms with van der Waals surface area (Å²) in [6.45, 7) is 2.75. The highest BCUT2D eigenvalue weighted by Gasteiger charge is 2.10. The summed E-state index contributed by atoms with van der Waals surface area (Å²) >= 11 is 0. The zero-order valence-corrected chi connectivity index (χ0v) is 16.8. The van der Waals surface area contributed by atoms with Crippen molar-refractivity contribution in [2.75, 3.05) is 25.6 Å². The second-order valence-corrected chi connectivity index (χ2v) is 6.72. The first-order valence-electron chi connectivity index (χ1n) is 9.46. The molecule has 7 nitrogen and oxygen atoms in total. The lowest BCUT2D eigenvalue weighted by Crippen LogP contribution is -2.18. The van der Waals surface area contributed by atoms with E-state index >= 15 is 0 Å². The third kappa shape index (κ3) is 5.44. The molecule has 0 aliphatic heterocycles. The number of anilines is 1. The minimum Gasteiger partial charge on any atom is -0.494 e. The summed E-state index contributed by atoms with van der Waals surface area (Å²) in [7, 11) is 3.97. The first kappa shape index (κ1) is 20.1. The molecule has 0 fully saturated rings. The van der Waals surface area contributed by atoms with Crippen LogP contribution in [0.3, 0.4) is 0 Å². The number of amides is 1. The molecule has 0 bridgehead atoms. The average Bonchev–Trinajstić information content (AvgIpc) is 3.23. The number of carbonyl (C=O) groups excluding carboxylic acids is 1. The summed E-state index contributed by atoms with van der Waals surface area (Å²) in [4.78, 5) is 14.3. The third-order valence-corrected chi connectivity index (χ3v) is 4.23. The molecule has 7 heteroatoms. The summed E-state index contributed by atoms with van der Waals surface area (Å²) in [5.74, 6) is 0.463. The second-order valence-electron chi connectivity index (χ2n) is 6.72. The van der Waals surface area contributed by atoms with Gasteiger partial charge >= 0.3 is 0 Å². The maximum absolute atomic E-state index is 12.3. The maximum atomic E-state index is 12.3. The van der Waals surface area contributed by atoms with Crippen LogP contribution >= 0.6 is 0 Å². The number of hydrazone groups is 1. The molecule has 0 spiro atoms. The van der Waals surface area contributed by atoms with E-state index in [0.717, 1.165) is 29.0 Å². The number of ether oxygens (including phenoxy) is 1. The Morgan fingerprint density at radius 2 is 1.90 bits per heavy atom. The van der Waals surface area contributed by atoms with E-state index in [4.69, 9.17) is 4.74 Å². The van der Waals surface area contributed by atoms with Crippen molar-refractivity contribution >= 4 is 17.8 Å². The van der Waals surface area contributed by atoms with Gasteiger partial charge in [0.05, 0.1) is 18.5 Å². The molecule has 0 radical (unpaired) electrons. The lowest BCUT2D eigenvalue weighted by Gasteiger charge is -2.11. The van der Waals surface area contributed by atoms with Crippen LogP contribution in [0.2, 0.25) is 0 Å². The standard InChI is InChI=1S/C22H25N5O2/c1-4-13-29-19-11-7-17(8-12-19)20-14-21(25-24-20)22(28)26-23-15-16-5-9-18(10-6-16)27(2)3/h5-12,14-15H,4,13H2,1-3H3,(H,24,25)(H,26,28). The van der Waals surface area contributed by atoms with E-state index in [1.54, 1.807) is 12.3 Å². The summed E-state index contributed by atoms with van der Waals surface area (Å²) in [6, 6.07) is 17.2. The molecule has 0 unspecified atom stereocenters. The van der Waals surface area contributed by atoms with Gasteiger partial charge in [-0.15, -0.1) is 0 Å². The number of carbonyl (C=O) groups is 1. The fourth-order valence-corrected chi connectivity index (χ4v) is 2.61. The predicted octanol–water partition coefficient (Wildman–Crippen LogP) is 3.70. The van der Waals surface area contributed by atoms with Crippen molar-refractivity contribution in [3.63, 3.8) is 0 Å². The number of aromatic nitrogens is 2. The Balaban J connectivity index is 1.58. The van der Waals surface area contributed by atoms with E-state index in [1.807, 2.05) is 67.5 Å². The number of benzene rings is 2. The van der Waals surface area contributed by atoms with Crippen molar-refractivity contribution in [3.05, 3.63) is 65.9 Å². The SMILES string of the molecule is CCCOc1ccc(-c2cc(C(=O)NN=Cc3ccc(N(C)C)cc3)[nH]n2)cc1. The molecule has 2 N–H and O–H groups in total. The third-order valence-electron chi connectivity index (χ3n) is 4.23. The van der Waals surface area contributed by atoms with Crippen molar-refractivity contribution in [3.8, 4) is 17.0 Å². The highest BCUT2D eigenvalue weighted by atomic mass is 16.5. The monoisotopic (exact) mass is 391 g/mol. The molecule has 0 atom stereocenters.